The van der Waals surface area contributed by atoms with Crippen LogP contribution in [0.25, 0.3) is 10.8 Å². The van der Waals surface area contributed by atoms with Crippen molar-refractivity contribution in [1.29, 1.82) is 0 Å². The lowest BCUT2D eigenvalue weighted by Gasteiger charge is -2.09. The van der Waals surface area contributed by atoms with Crippen LogP contribution in [0.5, 0.6) is 11.6 Å². The topological polar surface area (TPSA) is 65.3 Å². The third kappa shape index (κ3) is 2.46. The SMILES string of the molecule is Cc1ccc(F)c(Oc2nccc3c([N+](=O)[O-])cccc23)c1. The maximum atomic E-state index is 13.8. The number of fused-ring (bicyclic) bond motifs is 1. The van der Waals surface area contributed by atoms with Crippen molar-refractivity contribution < 1.29 is 14.1 Å². The molecule has 1 aromatic heterocycles. The third-order valence-corrected chi connectivity index (χ3v) is 3.24. The number of nitrogens with zero attached hydrogens (tertiary/aromatic N) is 2. The summed E-state index contributed by atoms with van der Waals surface area (Å²) >= 11 is 0. The van der Waals surface area contributed by atoms with E-state index in [0.717, 1.165) is 5.56 Å². The van der Waals surface area contributed by atoms with Crippen LogP contribution in [0.4, 0.5) is 10.1 Å². The Morgan fingerprint density at radius 2 is 2.00 bits per heavy atom. The van der Waals surface area contributed by atoms with Gasteiger partial charge in [-0.3, -0.25) is 10.1 Å². The van der Waals surface area contributed by atoms with Gasteiger partial charge in [-0.1, -0.05) is 12.1 Å². The summed E-state index contributed by atoms with van der Waals surface area (Å²) in [5.74, 6) is -0.355. The van der Waals surface area contributed by atoms with E-state index in [-0.39, 0.29) is 17.3 Å². The summed E-state index contributed by atoms with van der Waals surface area (Å²) in [7, 11) is 0. The first kappa shape index (κ1) is 13.9. The zero-order valence-corrected chi connectivity index (χ0v) is 11.6. The van der Waals surface area contributed by atoms with Crippen LogP contribution in [0, 0.1) is 22.9 Å². The molecule has 0 N–H and O–H groups in total. The smallest absolute Gasteiger partial charge is 0.277 e. The zero-order chi connectivity index (χ0) is 15.7. The van der Waals surface area contributed by atoms with Crippen molar-refractivity contribution in [2.45, 2.75) is 6.92 Å². The van der Waals surface area contributed by atoms with Gasteiger partial charge in [-0.15, -0.1) is 0 Å². The van der Waals surface area contributed by atoms with E-state index in [0.29, 0.717) is 10.8 Å². The molecule has 0 atom stereocenters. The van der Waals surface area contributed by atoms with Crippen molar-refractivity contribution in [3.8, 4) is 11.6 Å². The fraction of sp³-hybridized carbons (Fsp3) is 0.0625. The van der Waals surface area contributed by atoms with Crippen molar-refractivity contribution in [3.05, 3.63) is 70.2 Å². The standard InChI is InChI=1S/C16H11FN2O3/c1-10-5-6-13(17)15(9-10)22-16-12-3-2-4-14(19(20)21)11(12)7-8-18-16/h2-9H,1H3. The van der Waals surface area contributed by atoms with E-state index >= 15 is 0 Å². The van der Waals surface area contributed by atoms with Crippen LogP contribution in [0.2, 0.25) is 0 Å². The number of benzene rings is 2. The molecule has 0 aliphatic heterocycles. The summed E-state index contributed by atoms with van der Waals surface area (Å²) < 4.78 is 19.3. The largest absolute Gasteiger partial charge is 0.435 e. The fourth-order valence-electron chi connectivity index (χ4n) is 2.20. The molecule has 2 aromatic carbocycles. The molecular weight excluding hydrogens is 287 g/mol. The van der Waals surface area contributed by atoms with E-state index in [1.165, 1.54) is 24.4 Å². The van der Waals surface area contributed by atoms with Crippen LogP contribution in [0.15, 0.2) is 48.7 Å². The van der Waals surface area contributed by atoms with Gasteiger partial charge in [0.2, 0.25) is 5.88 Å². The van der Waals surface area contributed by atoms with Gasteiger partial charge in [0.15, 0.2) is 11.6 Å². The molecule has 1 heterocycles. The molecular formula is C16H11FN2O3. The molecule has 22 heavy (non-hydrogen) atoms. The lowest BCUT2D eigenvalue weighted by molar-refractivity contribution is -0.383. The number of pyridine rings is 1. The second-order valence-corrected chi connectivity index (χ2v) is 4.78. The van der Waals surface area contributed by atoms with Gasteiger partial charge in [0.25, 0.3) is 5.69 Å². The van der Waals surface area contributed by atoms with Crippen LogP contribution in [0.3, 0.4) is 0 Å². The van der Waals surface area contributed by atoms with Crippen molar-refractivity contribution >= 4 is 16.5 Å². The van der Waals surface area contributed by atoms with Gasteiger partial charge < -0.3 is 4.74 Å². The molecule has 0 spiro atoms. The summed E-state index contributed by atoms with van der Waals surface area (Å²) in [5, 5.41) is 11.9. The van der Waals surface area contributed by atoms with Gasteiger partial charge in [-0.05, 0) is 36.8 Å². The van der Waals surface area contributed by atoms with Gasteiger partial charge in [0.1, 0.15) is 0 Å². The number of non-ortho nitro benzene ring substituents is 1. The predicted molar refractivity (Wildman–Crippen MR) is 79.6 cm³/mol. The number of ether oxygens (including phenoxy) is 1. The van der Waals surface area contributed by atoms with Crippen molar-refractivity contribution in [1.82, 2.24) is 4.98 Å². The highest BCUT2D eigenvalue weighted by molar-refractivity contribution is 5.94. The number of nitro groups is 1. The van der Waals surface area contributed by atoms with Gasteiger partial charge in [0.05, 0.1) is 15.7 Å². The number of aromatic nitrogens is 1. The quantitative estimate of drug-likeness (QED) is 0.531. The molecule has 0 saturated carbocycles. The maximum absolute atomic E-state index is 13.8. The molecule has 0 saturated heterocycles. The Balaban J connectivity index is 2.14. The lowest BCUT2D eigenvalue weighted by atomic mass is 10.1. The average Bonchev–Trinajstić information content (AvgIpc) is 2.50. The molecule has 110 valence electrons. The van der Waals surface area contributed by atoms with Crippen LogP contribution in [-0.2, 0) is 0 Å². The number of rotatable bonds is 3. The highest BCUT2D eigenvalue weighted by atomic mass is 19.1. The van der Waals surface area contributed by atoms with Gasteiger partial charge >= 0.3 is 0 Å². The first-order valence-corrected chi connectivity index (χ1v) is 6.52. The average molecular weight is 298 g/mol. The Bertz CT molecular complexity index is 880. The monoisotopic (exact) mass is 298 g/mol. The number of hydrogen-bond donors (Lipinski definition) is 0. The van der Waals surface area contributed by atoms with Crippen LogP contribution in [0.1, 0.15) is 5.56 Å². The number of nitro benzene ring substituents is 1. The highest BCUT2D eigenvalue weighted by Crippen LogP contribution is 2.33. The van der Waals surface area contributed by atoms with Crippen LogP contribution >= 0.6 is 0 Å². The molecule has 6 heteroatoms. The predicted octanol–water partition coefficient (Wildman–Crippen LogP) is 4.38. The highest BCUT2D eigenvalue weighted by Gasteiger charge is 2.15. The maximum Gasteiger partial charge on any atom is 0.277 e. The molecule has 0 unspecified atom stereocenters. The first-order valence-electron chi connectivity index (χ1n) is 6.52. The van der Waals surface area contributed by atoms with Crippen molar-refractivity contribution in [2.75, 3.05) is 0 Å². The van der Waals surface area contributed by atoms with Crippen LogP contribution in [-0.4, -0.2) is 9.91 Å². The molecule has 0 amide bonds. The van der Waals surface area contributed by atoms with Gasteiger partial charge in [-0.25, -0.2) is 9.37 Å². The van der Waals surface area contributed by atoms with E-state index in [2.05, 4.69) is 4.98 Å². The Kier molecular flexibility index (Phi) is 3.42. The minimum atomic E-state index is -0.519. The van der Waals surface area contributed by atoms with E-state index in [9.17, 15) is 14.5 Å². The first-order chi connectivity index (χ1) is 10.6. The molecule has 5 nitrogen and oxygen atoms in total. The van der Waals surface area contributed by atoms with Gasteiger partial charge in [0, 0.05) is 12.3 Å². The third-order valence-electron chi connectivity index (χ3n) is 3.24. The zero-order valence-electron chi connectivity index (χ0n) is 11.6. The van der Waals surface area contributed by atoms with E-state index in [1.807, 2.05) is 6.92 Å². The summed E-state index contributed by atoms with van der Waals surface area (Å²) in [6, 6.07) is 10.6. The molecule has 0 aliphatic carbocycles. The minimum Gasteiger partial charge on any atom is -0.435 e. The minimum absolute atomic E-state index is 0.0338. The molecule has 0 radical (unpaired) electrons. The second-order valence-electron chi connectivity index (χ2n) is 4.78. The van der Waals surface area contributed by atoms with Gasteiger partial charge in [-0.2, -0.15) is 0 Å². The molecule has 0 bridgehead atoms. The Labute approximate surface area is 125 Å². The molecule has 3 rings (SSSR count). The summed E-state index contributed by atoms with van der Waals surface area (Å²) in [6.07, 6.45) is 1.40. The Morgan fingerprint density at radius 1 is 1.18 bits per heavy atom. The second kappa shape index (κ2) is 5.40. The van der Waals surface area contributed by atoms with Crippen LogP contribution < -0.4 is 4.74 Å². The number of halogens is 1. The summed E-state index contributed by atoms with van der Waals surface area (Å²) in [4.78, 5) is 14.7. The summed E-state index contributed by atoms with van der Waals surface area (Å²) in [5.41, 5.74) is 0.789. The van der Waals surface area contributed by atoms with E-state index in [1.54, 1.807) is 24.3 Å². The van der Waals surface area contributed by atoms with E-state index < -0.39 is 10.7 Å². The van der Waals surface area contributed by atoms with Crippen molar-refractivity contribution in [2.24, 2.45) is 0 Å². The van der Waals surface area contributed by atoms with E-state index in [4.69, 9.17) is 4.74 Å². The number of hydrogen-bond acceptors (Lipinski definition) is 4. The Hall–Kier alpha value is -3.02. The summed E-state index contributed by atoms with van der Waals surface area (Å²) in [6.45, 7) is 1.81. The fourth-order valence-corrected chi connectivity index (χ4v) is 2.20. The molecule has 0 fully saturated rings. The molecule has 0 aliphatic rings. The number of aryl methyl sites for hydroxylation is 1. The van der Waals surface area contributed by atoms with Crippen molar-refractivity contribution in [3.63, 3.8) is 0 Å². The molecule has 3 aromatic rings. The Morgan fingerprint density at radius 3 is 2.77 bits per heavy atom. The lowest BCUT2D eigenvalue weighted by Crippen LogP contribution is -1.95. The normalized spacial score (nSPS) is 10.6.